The number of hydrogen-bond acceptors (Lipinski definition) is 3. The van der Waals surface area contributed by atoms with Crippen molar-refractivity contribution < 1.29 is 4.39 Å². The van der Waals surface area contributed by atoms with Crippen LogP contribution in [0.4, 0.5) is 4.39 Å². The highest BCUT2D eigenvalue weighted by Gasteiger charge is 2.20. The molecule has 6 heteroatoms. The molecular weight excluding hydrogens is 291 g/mol. The van der Waals surface area contributed by atoms with Gasteiger partial charge in [-0.05, 0) is 25.1 Å². The maximum Gasteiger partial charge on any atom is 0.138 e. The summed E-state index contributed by atoms with van der Waals surface area (Å²) < 4.78 is 16.0. The van der Waals surface area contributed by atoms with Crippen molar-refractivity contribution in [1.82, 2.24) is 20.1 Å². The van der Waals surface area contributed by atoms with Crippen LogP contribution in [0, 0.1) is 5.82 Å². The molecule has 0 bridgehead atoms. The standard InChI is InChI=1S/C15H20ClFN4/c1-3-8-21-14(19-10-20-21)9-13(18-4-2)15-11(16)6-5-7-12(15)17/h5-7,10,13,18H,3-4,8-9H2,1-2H3. The quantitative estimate of drug-likeness (QED) is 0.852. The Kier molecular flexibility index (Phi) is 5.70. The first-order valence-corrected chi connectivity index (χ1v) is 7.59. The zero-order valence-electron chi connectivity index (χ0n) is 12.3. The fraction of sp³-hybridized carbons (Fsp3) is 0.467. The predicted molar refractivity (Wildman–Crippen MR) is 81.8 cm³/mol. The van der Waals surface area contributed by atoms with E-state index in [-0.39, 0.29) is 11.9 Å². The minimum atomic E-state index is -0.296. The van der Waals surface area contributed by atoms with Crippen molar-refractivity contribution in [1.29, 1.82) is 0 Å². The highest BCUT2D eigenvalue weighted by Crippen LogP contribution is 2.28. The predicted octanol–water partition coefficient (Wildman–Crippen LogP) is 3.37. The summed E-state index contributed by atoms with van der Waals surface area (Å²) in [6, 6.07) is 4.54. The van der Waals surface area contributed by atoms with E-state index in [2.05, 4.69) is 22.3 Å². The smallest absolute Gasteiger partial charge is 0.138 e. The van der Waals surface area contributed by atoms with Crippen molar-refractivity contribution in [3.05, 3.63) is 46.8 Å². The Morgan fingerprint density at radius 3 is 2.86 bits per heavy atom. The molecule has 0 saturated heterocycles. The van der Waals surface area contributed by atoms with Gasteiger partial charge in [0.2, 0.25) is 0 Å². The molecule has 0 amide bonds. The van der Waals surface area contributed by atoms with E-state index in [1.54, 1.807) is 12.1 Å². The Labute approximate surface area is 129 Å². The minimum Gasteiger partial charge on any atom is -0.310 e. The molecule has 2 aromatic rings. The molecule has 4 nitrogen and oxygen atoms in total. The Morgan fingerprint density at radius 1 is 1.38 bits per heavy atom. The molecule has 0 fully saturated rings. The molecule has 0 spiro atoms. The van der Waals surface area contributed by atoms with Gasteiger partial charge < -0.3 is 5.32 Å². The molecule has 1 heterocycles. The highest BCUT2D eigenvalue weighted by atomic mass is 35.5. The molecule has 0 aliphatic carbocycles. The molecule has 0 radical (unpaired) electrons. The van der Waals surface area contributed by atoms with Gasteiger partial charge in [0.1, 0.15) is 18.0 Å². The molecule has 1 aromatic carbocycles. The van der Waals surface area contributed by atoms with Crippen LogP contribution in [-0.4, -0.2) is 21.3 Å². The van der Waals surface area contributed by atoms with E-state index >= 15 is 0 Å². The lowest BCUT2D eigenvalue weighted by Crippen LogP contribution is -2.26. The summed E-state index contributed by atoms with van der Waals surface area (Å²) in [6.45, 7) is 5.59. The number of benzene rings is 1. The zero-order valence-corrected chi connectivity index (χ0v) is 13.1. The molecule has 0 aliphatic heterocycles. The molecule has 0 saturated carbocycles. The maximum absolute atomic E-state index is 14.1. The van der Waals surface area contributed by atoms with Gasteiger partial charge in [-0.25, -0.2) is 9.37 Å². The summed E-state index contributed by atoms with van der Waals surface area (Å²) in [4.78, 5) is 4.29. The van der Waals surface area contributed by atoms with Gasteiger partial charge >= 0.3 is 0 Å². The zero-order chi connectivity index (χ0) is 15.2. The van der Waals surface area contributed by atoms with Crippen LogP contribution in [0.3, 0.4) is 0 Å². The van der Waals surface area contributed by atoms with E-state index < -0.39 is 0 Å². The van der Waals surface area contributed by atoms with Gasteiger partial charge in [-0.2, -0.15) is 5.10 Å². The molecule has 1 atom stereocenters. The van der Waals surface area contributed by atoms with Crippen molar-refractivity contribution in [2.45, 2.75) is 39.3 Å². The first-order chi connectivity index (χ1) is 10.2. The number of aromatic nitrogens is 3. The topological polar surface area (TPSA) is 42.7 Å². The molecule has 0 aliphatic rings. The minimum absolute atomic E-state index is 0.219. The van der Waals surface area contributed by atoms with E-state index in [1.807, 2.05) is 11.6 Å². The fourth-order valence-electron chi connectivity index (χ4n) is 2.39. The summed E-state index contributed by atoms with van der Waals surface area (Å²) in [5.74, 6) is 0.539. The van der Waals surface area contributed by atoms with E-state index in [0.29, 0.717) is 17.0 Å². The number of hydrogen-bond donors (Lipinski definition) is 1. The average molecular weight is 311 g/mol. The van der Waals surface area contributed by atoms with Crippen molar-refractivity contribution in [2.75, 3.05) is 6.54 Å². The Hall–Kier alpha value is -1.46. The molecule has 1 aromatic heterocycles. The van der Waals surface area contributed by atoms with Crippen LogP contribution in [0.2, 0.25) is 5.02 Å². The van der Waals surface area contributed by atoms with Crippen molar-refractivity contribution in [3.63, 3.8) is 0 Å². The second-order valence-corrected chi connectivity index (χ2v) is 5.26. The molecular formula is C15H20ClFN4. The summed E-state index contributed by atoms with van der Waals surface area (Å²) >= 11 is 6.18. The number of rotatable bonds is 7. The summed E-state index contributed by atoms with van der Waals surface area (Å²) in [6.07, 6.45) is 3.06. The molecule has 1 N–H and O–H groups in total. The number of nitrogens with zero attached hydrogens (tertiary/aromatic N) is 3. The van der Waals surface area contributed by atoms with Crippen molar-refractivity contribution in [2.24, 2.45) is 0 Å². The third kappa shape index (κ3) is 3.80. The van der Waals surface area contributed by atoms with Gasteiger partial charge in [0.15, 0.2) is 0 Å². The van der Waals surface area contributed by atoms with Crippen LogP contribution in [0.15, 0.2) is 24.5 Å². The number of likely N-dealkylation sites (N-methyl/N-ethyl adjacent to an activating group) is 1. The van der Waals surface area contributed by atoms with E-state index in [0.717, 1.165) is 25.3 Å². The van der Waals surface area contributed by atoms with Crippen LogP contribution in [0.1, 0.15) is 37.7 Å². The van der Waals surface area contributed by atoms with Crippen molar-refractivity contribution >= 4 is 11.6 Å². The maximum atomic E-state index is 14.1. The number of nitrogens with one attached hydrogen (secondary N) is 1. The van der Waals surface area contributed by atoms with Crippen LogP contribution < -0.4 is 5.32 Å². The number of aryl methyl sites for hydroxylation is 1. The lowest BCUT2D eigenvalue weighted by atomic mass is 10.0. The second kappa shape index (κ2) is 7.52. The second-order valence-electron chi connectivity index (χ2n) is 4.85. The van der Waals surface area contributed by atoms with Crippen LogP contribution in [-0.2, 0) is 13.0 Å². The Morgan fingerprint density at radius 2 is 2.19 bits per heavy atom. The van der Waals surface area contributed by atoms with Gasteiger partial charge in [-0.3, -0.25) is 4.68 Å². The first kappa shape index (κ1) is 15.9. The third-order valence-corrected chi connectivity index (χ3v) is 3.65. The lowest BCUT2D eigenvalue weighted by Gasteiger charge is -2.20. The highest BCUT2D eigenvalue weighted by molar-refractivity contribution is 6.31. The first-order valence-electron chi connectivity index (χ1n) is 7.21. The van der Waals surface area contributed by atoms with Crippen LogP contribution in [0.5, 0.6) is 0 Å². The fourth-order valence-corrected chi connectivity index (χ4v) is 2.69. The van der Waals surface area contributed by atoms with Crippen LogP contribution in [0.25, 0.3) is 0 Å². The van der Waals surface area contributed by atoms with Gasteiger partial charge in [0.05, 0.1) is 0 Å². The Bertz CT molecular complexity index is 565. The SMILES string of the molecule is CCCn1ncnc1CC(NCC)c1c(F)cccc1Cl. The summed E-state index contributed by atoms with van der Waals surface area (Å²) in [5.41, 5.74) is 0.493. The summed E-state index contributed by atoms with van der Waals surface area (Å²) in [5, 5.41) is 7.92. The van der Waals surface area contributed by atoms with Gasteiger partial charge in [-0.1, -0.05) is 31.5 Å². The average Bonchev–Trinajstić information content (AvgIpc) is 2.86. The van der Waals surface area contributed by atoms with Gasteiger partial charge in [0.25, 0.3) is 0 Å². The molecule has 114 valence electrons. The monoisotopic (exact) mass is 310 g/mol. The molecule has 2 rings (SSSR count). The lowest BCUT2D eigenvalue weighted by molar-refractivity contribution is 0.478. The molecule has 21 heavy (non-hydrogen) atoms. The summed E-state index contributed by atoms with van der Waals surface area (Å²) in [7, 11) is 0. The molecule has 1 unspecified atom stereocenters. The third-order valence-electron chi connectivity index (χ3n) is 3.32. The van der Waals surface area contributed by atoms with E-state index in [4.69, 9.17) is 11.6 Å². The Balaban J connectivity index is 2.29. The van der Waals surface area contributed by atoms with Gasteiger partial charge in [0, 0.05) is 29.6 Å². The van der Waals surface area contributed by atoms with Crippen molar-refractivity contribution in [3.8, 4) is 0 Å². The van der Waals surface area contributed by atoms with E-state index in [1.165, 1.54) is 12.4 Å². The largest absolute Gasteiger partial charge is 0.310 e. The van der Waals surface area contributed by atoms with Gasteiger partial charge in [-0.15, -0.1) is 0 Å². The normalized spacial score (nSPS) is 12.6. The van der Waals surface area contributed by atoms with Crippen LogP contribution >= 0.6 is 11.6 Å². The van der Waals surface area contributed by atoms with E-state index in [9.17, 15) is 4.39 Å². The number of halogens is 2.